The molecule has 0 aliphatic carbocycles. The van der Waals surface area contributed by atoms with Gasteiger partial charge in [-0.1, -0.05) is 6.92 Å². The van der Waals surface area contributed by atoms with Crippen molar-refractivity contribution in [3.63, 3.8) is 0 Å². The van der Waals surface area contributed by atoms with Crippen LogP contribution >= 0.6 is 0 Å². The van der Waals surface area contributed by atoms with Gasteiger partial charge in [-0.05, 0) is 26.2 Å². The lowest BCUT2D eigenvalue weighted by Crippen LogP contribution is -2.38. The number of nitrogens with zero attached hydrogens (tertiary/aromatic N) is 5. The number of amides is 1. The van der Waals surface area contributed by atoms with Crippen LogP contribution in [-0.4, -0.2) is 37.3 Å². The number of rotatable bonds is 4. The SMILES string of the molecule is CCC(=O)N1CCCC[C@H]1c1cc(Nc2cnccn2)nc(C)n1. The second-order valence-corrected chi connectivity index (χ2v) is 5.89. The van der Waals surface area contributed by atoms with E-state index in [-0.39, 0.29) is 11.9 Å². The van der Waals surface area contributed by atoms with Crippen molar-refractivity contribution in [1.82, 2.24) is 24.8 Å². The minimum absolute atomic E-state index is 0.0234. The number of carbonyl (C=O) groups is 1. The first kappa shape index (κ1) is 16.3. The van der Waals surface area contributed by atoms with Crippen molar-refractivity contribution in [3.8, 4) is 0 Å². The van der Waals surface area contributed by atoms with Gasteiger partial charge in [0.2, 0.25) is 5.91 Å². The Bertz CT molecular complexity index is 705. The van der Waals surface area contributed by atoms with Crippen LogP contribution in [0.15, 0.2) is 24.7 Å². The number of piperidine rings is 1. The fourth-order valence-corrected chi connectivity index (χ4v) is 3.06. The first-order valence-corrected chi connectivity index (χ1v) is 8.35. The van der Waals surface area contributed by atoms with Gasteiger partial charge in [0.25, 0.3) is 0 Å². The van der Waals surface area contributed by atoms with Gasteiger partial charge in [0.1, 0.15) is 17.5 Å². The van der Waals surface area contributed by atoms with Crippen LogP contribution in [0.3, 0.4) is 0 Å². The summed E-state index contributed by atoms with van der Waals surface area (Å²) in [6.07, 6.45) is 8.51. The van der Waals surface area contributed by atoms with Gasteiger partial charge in [-0.3, -0.25) is 9.78 Å². The molecule has 1 aliphatic heterocycles. The number of hydrogen-bond donors (Lipinski definition) is 1. The summed E-state index contributed by atoms with van der Waals surface area (Å²) in [5.41, 5.74) is 0.885. The molecule has 0 bridgehead atoms. The van der Waals surface area contributed by atoms with Crippen LogP contribution in [0.4, 0.5) is 11.6 Å². The minimum Gasteiger partial charge on any atom is -0.334 e. The summed E-state index contributed by atoms with van der Waals surface area (Å²) < 4.78 is 0. The van der Waals surface area contributed by atoms with Crippen LogP contribution in [-0.2, 0) is 4.79 Å². The Morgan fingerprint density at radius 3 is 2.92 bits per heavy atom. The number of anilines is 2. The molecule has 3 rings (SSSR count). The third kappa shape index (κ3) is 3.67. The second-order valence-electron chi connectivity index (χ2n) is 5.89. The van der Waals surface area contributed by atoms with Crippen LogP contribution in [0.5, 0.6) is 0 Å². The number of aromatic nitrogens is 4. The highest BCUT2D eigenvalue weighted by molar-refractivity contribution is 5.76. The number of hydrogen-bond acceptors (Lipinski definition) is 6. The Morgan fingerprint density at radius 2 is 2.17 bits per heavy atom. The summed E-state index contributed by atoms with van der Waals surface area (Å²) >= 11 is 0. The van der Waals surface area contributed by atoms with Crippen molar-refractivity contribution in [2.45, 2.75) is 45.6 Å². The van der Waals surface area contributed by atoms with Crippen molar-refractivity contribution in [3.05, 3.63) is 36.2 Å². The monoisotopic (exact) mass is 326 g/mol. The zero-order valence-corrected chi connectivity index (χ0v) is 14.1. The highest BCUT2D eigenvalue weighted by atomic mass is 16.2. The summed E-state index contributed by atoms with van der Waals surface area (Å²) in [7, 11) is 0. The van der Waals surface area contributed by atoms with E-state index in [4.69, 9.17) is 0 Å². The Labute approximate surface area is 141 Å². The van der Waals surface area contributed by atoms with Crippen molar-refractivity contribution >= 4 is 17.5 Å². The van der Waals surface area contributed by atoms with Gasteiger partial charge >= 0.3 is 0 Å². The smallest absolute Gasteiger partial charge is 0.222 e. The maximum Gasteiger partial charge on any atom is 0.222 e. The average Bonchev–Trinajstić information content (AvgIpc) is 2.61. The van der Waals surface area contributed by atoms with Crippen molar-refractivity contribution in [1.29, 1.82) is 0 Å². The van der Waals surface area contributed by atoms with Gasteiger partial charge in [0.15, 0.2) is 0 Å². The van der Waals surface area contributed by atoms with Crippen LogP contribution in [0.25, 0.3) is 0 Å². The standard InChI is InChI=1S/C17H22N6O/c1-3-17(24)23-9-5-4-6-14(23)13-10-15(21-12(2)20-13)22-16-11-18-7-8-19-16/h7-8,10-11,14H,3-6,9H2,1-2H3,(H,19,20,21,22)/t14-/m0/s1. The molecule has 1 N–H and O–H groups in total. The molecule has 0 radical (unpaired) electrons. The van der Waals surface area contributed by atoms with E-state index >= 15 is 0 Å². The van der Waals surface area contributed by atoms with Crippen LogP contribution < -0.4 is 5.32 Å². The summed E-state index contributed by atoms with van der Waals surface area (Å²) in [6, 6.07) is 1.93. The van der Waals surface area contributed by atoms with Gasteiger partial charge in [-0.25, -0.2) is 15.0 Å². The molecule has 0 aromatic carbocycles. The molecule has 0 spiro atoms. The van der Waals surface area contributed by atoms with Gasteiger partial charge in [0, 0.05) is 31.4 Å². The summed E-state index contributed by atoms with van der Waals surface area (Å²) in [5, 5.41) is 3.15. The summed E-state index contributed by atoms with van der Waals surface area (Å²) in [6.45, 7) is 4.56. The Balaban J connectivity index is 1.88. The minimum atomic E-state index is 0.0234. The molecule has 7 nitrogen and oxygen atoms in total. The highest BCUT2D eigenvalue weighted by Gasteiger charge is 2.28. The molecule has 1 fully saturated rings. The number of likely N-dealkylation sites (tertiary alicyclic amines) is 1. The number of carbonyl (C=O) groups excluding carboxylic acids is 1. The maximum absolute atomic E-state index is 12.3. The predicted octanol–water partition coefficient (Wildman–Crippen LogP) is 2.78. The van der Waals surface area contributed by atoms with E-state index < -0.39 is 0 Å². The Morgan fingerprint density at radius 1 is 1.29 bits per heavy atom. The van der Waals surface area contributed by atoms with E-state index in [0.29, 0.717) is 23.9 Å². The van der Waals surface area contributed by atoms with Gasteiger partial charge < -0.3 is 10.2 Å². The molecule has 0 saturated carbocycles. The molecule has 126 valence electrons. The zero-order chi connectivity index (χ0) is 16.9. The molecule has 1 atom stereocenters. The molecular formula is C17H22N6O. The molecule has 2 aromatic rings. The first-order chi connectivity index (χ1) is 11.7. The Hall–Kier alpha value is -2.57. The lowest BCUT2D eigenvalue weighted by Gasteiger charge is -2.35. The maximum atomic E-state index is 12.3. The average molecular weight is 326 g/mol. The van der Waals surface area contributed by atoms with Crippen molar-refractivity contribution < 1.29 is 4.79 Å². The van der Waals surface area contributed by atoms with Crippen LogP contribution in [0.1, 0.15) is 50.2 Å². The zero-order valence-electron chi connectivity index (χ0n) is 14.1. The molecule has 1 aliphatic rings. The topological polar surface area (TPSA) is 83.9 Å². The molecule has 2 aromatic heterocycles. The molecule has 3 heterocycles. The lowest BCUT2D eigenvalue weighted by atomic mass is 9.98. The van der Waals surface area contributed by atoms with E-state index in [0.717, 1.165) is 31.5 Å². The molecule has 1 amide bonds. The Kier molecular flexibility index (Phi) is 4.98. The van der Waals surface area contributed by atoms with E-state index in [1.54, 1.807) is 18.6 Å². The van der Waals surface area contributed by atoms with Crippen LogP contribution in [0, 0.1) is 6.92 Å². The van der Waals surface area contributed by atoms with E-state index in [9.17, 15) is 4.79 Å². The number of aryl methyl sites for hydroxylation is 1. The quantitative estimate of drug-likeness (QED) is 0.930. The van der Waals surface area contributed by atoms with E-state index in [1.165, 1.54) is 0 Å². The van der Waals surface area contributed by atoms with Gasteiger partial charge in [-0.2, -0.15) is 0 Å². The molecule has 24 heavy (non-hydrogen) atoms. The fourth-order valence-electron chi connectivity index (χ4n) is 3.06. The summed E-state index contributed by atoms with van der Waals surface area (Å²) in [5.74, 6) is 2.16. The molecule has 0 unspecified atom stereocenters. The van der Waals surface area contributed by atoms with Gasteiger partial charge in [-0.15, -0.1) is 0 Å². The van der Waals surface area contributed by atoms with Crippen molar-refractivity contribution in [2.24, 2.45) is 0 Å². The highest BCUT2D eigenvalue weighted by Crippen LogP contribution is 2.31. The van der Waals surface area contributed by atoms with E-state index in [1.807, 2.05) is 24.8 Å². The van der Waals surface area contributed by atoms with Crippen molar-refractivity contribution in [2.75, 3.05) is 11.9 Å². The lowest BCUT2D eigenvalue weighted by molar-refractivity contribution is -0.134. The predicted molar refractivity (Wildman–Crippen MR) is 90.7 cm³/mol. The van der Waals surface area contributed by atoms with Crippen LogP contribution in [0.2, 0.25) is 0 Å². The number of nitrogens with one attached hydrogen (secondary N) is 1. The molecule has 7 heteroatoms. The summed E-state index contributed by atoms with van der Waals surface area (Å²) in [4.78, 5) is 31.5. The largest absolute Gasteiger partial charge is 0.334 e. The van der Waals surface area contributed by atoms with E-state index in [2.05, 4.69) is 25.3 Å². The normalized spacial score (nSPS) is 17.6. The fraction of sp³-hybridized carbons (Fsp3) is 0.471. The molecular weight excluding hydrogens is 304 g/mol. The van der Waals surface area contributed by atoms with Gasteiger partial charge in [0.05, 0.1) is 17.9 Å². The third-order valence-corrected chi connectivity index (χ3v) is 4.14. The second kappa shape index (κ2) is 7.33. The third-order valence-electron chi connectivity index (χ3n) is 4.14. The molecule has 1 saturated heterocycles. The first-order valence-electron chi connectivity index (χ1n) is 8.35.